The number of ether oxygens (including phenoxy) is 1. The van der Waals surface area contributed by atoms with E-state index in [1.807, 2.05) is 11.8 Å². The number of amides is 1. The zero-order valence-corrected chi connectivity index (χ0v) is 9.37. The quantitative estimate of drug-likeness (QED) is 0.718. The molecule has 1 N–H and O–H groups in total. The molecule has 2 aliphatic rings. The Morgan fingerprint density at radius 3 is 2.93 bits per heavy atom. The second-order valence-corrected chi connectivity index (χ2v) is 4.45. The minimum absolute atomic E-state index is 0.246. The van der Waals surface area contributed by atoms with Crippen molar-refractivity contribution in [3.63, 3.8) is 0 Å². The Kier molecular flexibility index (Phi) is 3.59. The summed E-state index contributed by atoms with van der Waals surface area (Å²) < 4.78 is 5.40. The molecule has 4 nitrogen and oxygen atoms in total. The summed E-state index contributed by atoms with van der Waals surface area (Å²) in [7, 11) is 0. The van der Waals surface area contributed by atoms with Gasteiger partial charge >= 0.3 is 0 Å². The van der Waals surface area contributed by atoms with E-state index in [-0.39, 0.29) is 5.92 Å². The van der Waals surface area contributed by atoms with Crippen LogP contribution in [-0.2, 0) is 9.53 Å². The number of rotatable bonds is 4. The van der Waals surface area contributed by atoms with Gasteiger partial charge in [0.25, 0.3) is 0 Å². The van der Waals surface area contributed by atoms with Crippen molar-refractivity contribution >= 4 is 5.91 Å². The second-order valence-electron chi connectivity index (χ2n) is 4.45. The third kappa shape index (κ3) is 2.49. The van der Waals surface area contributed by atoms with Crippen LogP contribution in [0.15, 0.2) is 0 Å². The van der Waals surface area contributed by atoms with Crippen molar-refractivity contribution in [1.82, 2.24) is 10.2 Å². The number of nitrogens with zero attached hydrogens (tertiary/aromatic N) is 1. The molecule has 2 saturated heterocycles. The molecule has 1 amide bonds. The first-order chi connectivity index (χ1) is 7.31. The van der Waals surface area contributed by atoms with E-state index in [0.717, 1.165) is 45.8 Å². The first kappa shape index (κ1) is 10.9. The van der Waals surface area contributed by atoms with Crippen LogP contribution in [0.4, 0.5) is 0 Å². The molecule has 0 unspecified atom stereocenters. The highest BCUT2D eigenvalue weighted by Gasteiger charge is 2.33. The predicted octanol–water partition coefficient (Wildman–Crippen LogP) is 0.0908. The second kappa shape index (κ2) is 4.94. The molecule has 86 valence electrons. The summed E-state index contributed by atoms with van der Waals surface area (Å²) in [5, 5.41) is 3.14. The SMILES string of the molecule is CCOC[C@H]1CCN(C(=O)C2CNC2)C1. The fourth-order valence-corrected chi connectivity index (χ4v) is 2.17. The van der Waals surface area contributed by atoms with Gasteiger partial charge in [-0.3, -0.25) is 4.79 Å². The van der Waals surface area contributed by atoms with Crippen LogP contribution in [0.3, 0.4) is 0 Å². The van der Waals surface area contributed by atoms with Crippen LogP contribution in [0.2, 0.25) is 0 Å². The topological polar surface area (TPSA) is 41.6 Å². The van der Waals surface area contributed by atoms with Crippen molar-refractivity contribution in [3.05, 3.63) is 0 Å². The van der Waals surface area contributed by atoms with Gasteiger partial charge in [0.05, 0.1) is 12.5 Å². The van der Waals surface area contributed by atoms with Gasteiger partial charge < -0.3 is 15.0 Å². The summed E-state index contributed by atoms with van der Waals surface area (Å²) in [6.45, 7) is 7.15. The molecule has 0 aromatic rings. The number of carbonyl (C=O) groups excluding carboxylic acids is 1. The van der Waals surface area contributed by atoms with Crippen molar-refractivity contribution in [2.24, 2.45) is 11.8 Å². The highest BCUT2D eigenvalue weighted by Crippen LogP contribution is 2.19. The molecule has 1 atom stereocenters. The lowest BCUT2D eigenvalue weighted by Gasteiger charge is -2.30. The zero-order chi connectivity index (χ0) is 10.7. The molecule has 0 saturated carbocycles. The zero-order valence-electron chi connectivity index (χ0n) is 9.37. The summed E-state index contributed by atoms with van der Waals surface area (Å²) >= 11 is 0. The fraction of sp³-hybridized carbons (Fsp3) is 0.909. The van der Waals surface area contributed by atoms with Gasteiger partial charge in [-0.15, -0.1) is 0 Å². The molecule has 0 bridgehead atoms. The van der Waals surface area contributed by atoms with Crippen LogP contribution in [-0.4, -0.2) is 50.2 Å². The number of hydrogen-bond donors (Lipinski definition) is 1. The molecule has 2 fully saturated rings. The number of hydrogen-bond acceptors (Lipinski definition) is 3. The van der Waals surface area contributed by atoms with E-state index in [2.05, 4.69) is 5.32 Å². The van der Waals surface area contributed by atoms with Crippen LogP contribution < -0.4 is 5.32 Å². The van der Waals surface area contributed by atoms with Gasteiger partial charge in [0.15, 0.2) is 0 Å². The Morgan fingerprint density at radius 2 is 2.33 bits per heavy atom. The van der Waals surface area contributed by atoms with E-state index in [1.165, 1.54) is 0 Å². The fourth-order valence-electron chi connectivity index (χ4n) is 2.17. The number of nitrogens with one attached hydrogen (secondary N) is 1. The van der Waals surface area contributed by atoms with Gasteiger partial charge in [0, 0.05) is 38.7 Å². The summed E-state index contributed by atoms with van der Waals surface area (Å²) in [5.41, 5.74) is 0. The van der Waals surface area contributed by atoms with E-state index in [4.69, 9.17) is 4.74 Å². The summed E-state index contributed by atoms with van der Waals surface area (Å²) in [4.78, 5) is 13.9. The number of carbonyl (C=O) groups is 1. The first-order valence-corrected chi connectivity index (χ1v) is 5.88. The normalized spacial score (nSPS) is 26.7. The monoisotopic (exact) mass is 212 g/mol. The van der Waals surface area contributed by atoms with E-state index in [1.54, 1.807) is 0 Å². The Morgan fingerprint density at radius 1 is 1.53 bits per heavy atom. The van der Waals surface area contributed by atoms with Crippen molar-refractivity contribution in [2.45, 2.75) is 13.3 Å². The molecule has 4 heteroatoms. The molecule has 2 heterocycles. The van der Waals surface area contributed by atoms with E-state index in [0.29, 0.717) is 11.8 Å². The molecule has 15 heavy (non-hydrogen) atoms. The minimum atomic E-state index is 0.246. The molecule has 0 aromatic heterocycles. The Labute approximate surface area is 91.0 Å². The van der Waals surface area contributed by atoms with Gasteiger partial charge in [0.1, 0.15) is 0 Å². The van der Waals surface area contributed by atoms with Crippen molar-refractivity contribution in [1.29, 1.82) is 0 Å². The molecular weight excluding hydrogens is 192 g/mol. The maximum absolute atomic E-state index is 11.9. The highest BCUT2D eigenvalue weighted by atomic mass is 16.5. The standard InChI is InChI=1S/C11H20N2O2/c1-2-15-8-9-3-4-13(7-9)11(14)10-5-12-6-10/h9-10,12H,2-8H2,1H3/t9-/m0/s1. The molecule has 0 spiro atoms. The molecule has 0 radical (unpaired) electrons. The van der Waals surface area contributed by atoms with E-state index in [9.17, 15) is 4.79 Å². The van der Waals surface area contributed by atoms with E-state index < -0.39 is 0 Å². The maximum Gasteiger partial charge on any atom is 0.228 e. The molecule has 0 aromatic carbocycles. The van der Waals surface area contributed by atoms with Gasteiger partial charge in [-0.1, -0.05) is 0 Å². The summed E-state index contributed by atoms with van der Waals surface area (Å²) in [6, 6.07) is 0. The average molecular weight is 212 g/mol. The maximum atomic E-state index is 11.9. The molecule has 0 aliphatic carbocycles. The van der Waals surface area contributed by atoms with Gasteiger partial charge in [-0.2, -0.15) is 0 Å². The molecule has 2 rings (SSSR count). The smallest absolute Gasteiger partial charge is 0.228 e. The highest BCUT2D eigenvalue weighted by molar-refractivity contribution is 5.80. The van der Waals surface area contributed by atoms with Crippen LogP contribution >= 0.6 is 0 Å². The van der Waals surface area contributed by atoms with E-state index >= 15 is 0 Å². The van der Waals surface area contributed by atoms with Crippen LogP contribution in [0.5, 0.6) is 0 Å². The third-order valence-corrected chi connectivity index (χ3v) is 3.29. The Bertz CT molecular complexity index is 229. The van der Waals surface area contributed by atoms with Gasteiger partial charge in [0.2, 0.25) is 5.91 Å². The molecular formula is C11H20N2O2. The van der Waals surface area contributed by atoms with Gasteiger partial charge in [-0.25, -0.2) is 0 Å². The third-order valence-electron chi connectivity index (χ3n) is 3.29. The Hall–Kier alpha value is -0.610. The lowest BCUT2D eigenvalue weighted by atomic mass is 10.0. The largest absolute Gasteiger partial charge is 0.381 e. The van der Waals surface area contributed by atoms with Gasteiger partial charge in [-0.05, 0) is 13.3 Å². The van der Waals surface area contributed by atoms with Crippen molar-refractivity contribution in [3.8, 4) is 0 Å². The van der Waals surface area contributed by atoms with Crippen molar-refractivity contribution in [2.75, 3.05) is 39.4 Å². The Balaban J connectivity index is 1.73. The lowest BCUT2D eigenvalue weighted by Crippen LogP contribution is -2.51. The molecule has 2 aliphatic heterocycles. The van der Waals surface area contributed by atoms with Crippen LogP contribution in [0.25, 0.3) is 0 Å². The number of likely N-dealkylation sites (tertiary alicyclic amines) is 1. The average Bonchev–Trinajstić information content (AvgIpc) is 2.60. The summed E-state index contributed by atoms with van der Waals surface area (Å²) in [6.07, 6.45) is 1.10. The first-order valence-electron chi connectivity index (χ1n) is 5.88. The van der Waals surface area contributed by atoms with Crippen LogP contribution in [0, 0.1) is 11.8 Å². The van der Waals surface area contributed by atoms with Crippen molar-refractivity contribution < 1.29 is 9.53 Å². The minimum Gasteiger partial charge on any atom is -0.381 e. The predicted molar refractivity (Wildman–Crippen MR) is 57.5 cm³/mol. The van der Waals surface area contributed by atoms with Crippen LogP contribution in [0.1, 0.15) is 13.3 Å². The lowest BCUT2D eigenvalue weighted by molar-refractivity contribution is -0.136. The summed E-state index contributed by atoms with van der Waals surface area (Å²) in [5.74, 6) is 1.14.